The highest BCUT2D eigenvalue weighted by molar-refractivity contribution is 6.30. The Morgan fingerprint density at radius 3 is 2.76 bits per heavy atom. The molecule has 0 atom stereocenters. The largest absolute Gasteiger partial charge is 0.360 e. The molecule has 1 amide bonds. The van der Waals surface area contributed by atoms with Crippen LogP contribution >= 0.6 is 11.6 Å². The molecular formula is C19H18ClN3O2. The van der Waals surface area contributed by atoms with Crippen molar-refractivity contribution < 1.29 is 9.53 Å². The smallest absolute Gasteiger partial charge is 0.227 e. The molecule has 25 heavy (non-hydrogen) atoms. The third kappa shape index (κ3) is 2.62. The van der Waals surface area contributed by atoms with Gasteiger partial charge in [0.15, 0.2) is 0 Å². The van der Waals surface area contributed by atoms with Gasteiger partial charge in [0.25, 0.3) is 0 Å². The predicted octanol–water partition coefficient (Wildman–Crippen LogP) is 2.82. The first-order valence-electron chi connectivity index (χ1n) is 8.65. The molecule has 5 nitrogen and oxygen atoms in total. The Balaban J connectivity index is 1.27. The van der Waals surface area contributed by atoms with E-state index < -0.39 is 5.60 Å². The van der Waals surface area contributed by atoms with Gasteiger partial charge in [0, 0.05) is 22.7 Å². The molecule has 1 aromatic heterocycles. The van der Waals surface area contributed by atoms with E-state index in [9.17, 15) is 4.79 Å². The zero-order chi connectivity index (χ0) is 17.0. The third-order valence-corrected chi connectivity index (χ3v) is 5.57. The third-order valence-electron chi connectivity index (χ3n) is 5.32. The molecule has 1 saturated carbocycles. The van der Waals surface area contributed by atoms with Crippen LogP contribution in [-0.4, -0.2) is 33.9 Å². The van der Waals surface area contributed by atoms with Crippen molar-refractivity contribution >= 4 is 17.5 Å². The Hall–Kier alpha value is -1.98. The van der Waals surface area contributed by atoms with Crippen LogP contribution in [0.3, 0.4) is 0 Å². The van der Waals surface area contributed by atoms with Crippen LogP contribution in [-0.2, 0) is 28.2 Å². The summed E-state index contributed by atoms with van der Waals surface area (Å²) in [7, 11) is 0. The Morgan fingerprint density at radius 2 is 2.04 bits per heavy atom. The van der Waals surface area contributed by atoms with Crippen molar-refractivity contribution in [2.24, 2.45) is 0 Å². The van der Waals surface area contributed by atoms with Crippen LogP contribution in [0.15, 0.2) is 30.5 Å². The second kappa shape index (κ2) is 5.51. The van der Waals surface area contributed by atoms with Crippen molar-refractivity contribution in [3.63, 3.8) is 0 Å². The molecule has 1 aliphatic carbocycles. The van der Waals surface area contributed by atoms with E-state index in [4.69, 9.17) is 16.3 Å². The zero-order valence-electron chi connectivity index (χ0n) is 13.7. The van der Waals surface area contributed by atoms with E-state index in [0.717, 1.165) is 22.6 Å². The van der Waals surface area contributed by atoms with E-state index in [1.807, 2.05) is 35.4 Å². The summed E-state index contributed by atoms with van der Waals surface area (Å²) in [5.74, 6) is 1.61. The average molecular weight is 356 g/mol. The van der Waals surface area contributed by atoms with Gasteiger partial charge in [0.2, 0.25) is 5.91 Å². The summed E-state index contributed by atoms with van der Waals surface area (Å²) in [6.07, 6.45) is 4.69. The minimum Gasteiger partial charge on any atom is -0.360 e. The number of likely N-dealkylation sites (tertiary alicyclic amines) is 1. The zero-order valence-corrected chi connectivity index (χ0v) is 14.5. The number of hydrogen-bond donors (Lipinski definition) is 0. The summed E-state index contributed by atoms with van der Waals surface area (Å²) in [5.41, 5.74) is 2.64. The topological polar surface area (TPSA) is 55.3 Å². The number of amides is 1. The van der Waals surface area contributed by atoms with E-state index in [-0.39, 0.29) is 5.91 Å². The molecule has 1 spiro atoms. The normalized spacial score (nSPS) is 20.4. The minimum absolute atomic E-state index is 0.112. The summed E-state index contributed by atoms with van der Waals surface area (Å²) < 4.78 is 6.03. The molecule has 2 aliphatic heterocycles. The maximum atomic E-state index is 12.5. The first-order chi connectivity index (χ1) is 12.1. The predicted molar refractivity (Wildman–Crippen MR) is 92.2 cm³/mol. The van der Waals surface area contributed by atoms with Gasteiger partial charge in [-0.25, -0.2) is 9.97 Å². The lowest BCUT2D eigenvalue weighted by Crippen LogP contribution is -2.61. The van der Waals surface area contributed by atoms with Gasteiger partial charge in [-0.2, -0.15) is 0 Å². The van der Waals surface area contributed by atoms with Crippen LogP contribution in [0.5, 0.6) is 0 Å². The number of benzene rings is 1. The van der Waals surface area contributed by atoms with Crippen molar-refractivity contribution in [2.45, 2.75) is 37.4 Å². The highest BCUT2D eigenvalue weighted by Gasteiger charge is 2.52. The summed E-state index contributed by atoms with van der Waals surface area (Å²) in [5, 5.41) is 0.681. The number of fused-ring (bicyclic) bond motifs is 2. The average Bonchev–Trinajstić information content (AvgIpc) is 3.36. The van der Waals surface area contributed by atoms with E-state index in [1.165, 1.54) is 12.8 Å². The molecule has 0 bridgehead atoms. The first kappa shape index (κ1) is 15.3. The fourth-order valence-electron chi connectivity index (χ4n) is 3.64. The van der Waals surface area contributed by atoms with Gasteiger partial charge in [-0.05, 0) is 30.5 Å². The minimum atomic E-state index is -0.396. The molecule has 6 heteroatoms. The van der Waals surface area contributed by atoms with Crippen molar-refractivity contribution in [3.05, 3.63) is 58.1 Å². The summed E-state index contributed by atoms with van der Waals surface area (Å²) in [6, 6.07) is 7.41. The fourth-order valence-corrected chi connectivity index (χ4v) is 3.77. The van der Waals surface area contributed by atoms with Gasteiger partial charge in [-0.3, -0.25) is 4.79 Å². The number of rotatable bonds is 3. The van der Waals surface area contributed by atoms with Crippen LogP contribution in [0.4, 0.5) is 0 Å². The van der Waals surface area contributed by atoms with Gasteiger partial charge in [0.05, 0.1) is 31.8 Å². The van der Waals surface area contributed by atoms with Gasteiger partial charge in [-0.1, -0.05) is 23.7 Å². The monoisotopic (exact) mass is 355 g/mol. The Morgan fingerprint density at radius 1 is 1.28 bits per heavy atom. The van der Waals surface area contributed by atoms with Crippen LogP contribution in [0.25, 0.3) is 0 Å². The van der Waals surface area contributed by atoms with Crippen molar-refractivity contribution in [3.8, 4) is 0 Å². The molecule has 5 rings (SSSR count). The lowest BCUT2D eigenvalue weighted by molar-refractivity contribution is -0.168. The van der Waals surface area contributed by atoms with Gasteiger partial charge in [-0.15, -0.1) is 0 Å². The fraction of sp³-hybridized carbons (Fsp3) is 0.421. The highest BCUT2D eigenvalue weighted by atomic mass is 35.5. The van der Waals surface area contributed by atoms with E-state index >= 15 is 0 Å². The molecule has 1 saturated heterocycles. The number of halogens is 1. The Kier molecular flexibility index (Phi) is 3.37. The molecule has 0 N–H and O–H groups in total. The van der Waals surface area contributed by atoms with Crippen LogP contribution in [0, 0.1) is 0 Å². The molecule has 2 fully saturated rings. The molecule has 128 valence electrons. The molecule has 1 aromatic carbocycles. The van der Waals surface area contributed by atoms with Gasteiger partial charge in [0.1, 0.15) is 11.4 Å². The van der Waals surface area contributed by atoms with Crippen LogP contribution in [0.1, 0.15) is 41.4 Å². The van der Waals surface area contributed by atoms with Gasteiger partial charge < -0.3 is 9.64 Å². The maximum absolute atomic E-state index is 12.5. The van der Waals surface area contributed by atoms with Gasteiger partial charge >= 0.3 is 0 Å². The number of ether oxygens (including phenoxy) is 1. The van der Waals surface area contributed by atoms with E-state index in [0.29, 0.717) is 37.1 Å². The molecule has 3 heterocycles. The highest BCUT2D eigenvalue weighted by Crippen LogP contribution is 2.44. The van der Waals surface area contributed by atoms with E-state index in [2.05, 4.69) is 9.97 Å². The Bertz CT molecular complexity index is 842. The quantitative estimate of drug-likeness (QED) is 0.849. The lowest BCUT2D eigenvalue weighted by Gasteiger charge is -2.47. The lowest BCUT2D eigenvalue weighted by atomic mass is 9.87. The Labute approximate surface area is 151 Å². The molecule has 0 radical (unpaired) electrons. The van der Waals surface area contributed by atoms with Crippen molar-refractivity contribution in [1.29, 1.82) is 0 Å². The first-order valence-corrected chi connectivity index (χ1v) is 9.03. The molecule has 0 unspecified atom stereocenters. The van der Waals surface area contributed by atoms with Crippen LogP contribution in [0.2, 0.25) is 5.02 Å². The number of hydrogen-bond acceptors (Lipinski definition) is 4. The summed E-state index contributed by atoms with van der Waals surface area (Å²) >= 11 is 5.89. The molecular weight excluding hydrogens is 338 g/mol. The van der Waals surface area contributed by atoms with Crippen molar-refractivity contribution in [1.82, 2.24) is 14.9 Å². The number of carbonyl (C=O) groups is 1. The maximum Gasteiger partial charge on any atom is 0.227 e. The standard InChI is InChI=1S/C19H18ClN3O2/c20-14-5-1-12(2-6-14)7-17(24)23-10-19(11-23)15-8-21-18(13-3-4-13)22-16(15)9-25-19/h1-2,5-6,8,13H,3-4,7,9-11H2. The SMILES string of the molecule is O=C(Cc1ccc(Cl)cc1)N1CC2(C1)OCc1nc(C3CC3)ncc12. The van der Waals surface area contributed by atoms with Crippen molar-refractivity contribution in [2.75, 3.05) is 13.1 Å². The molecule has 3 aliphatic rings. The second-order valence-corrected chi connectivity index (χ2v) is 7.64. The number of aromatic nitrogens is 2. The van der Waals surface area contributed by atoms with Crippen LogP contribution < -0.4 is 0 Å². The number of nitrogens with zero attached hydrogens (tertiary/aromatic N) is 3. The summed E-state index contributed by atoms with van der Waals surface area (Å²) in [6.45, 7) is 1.69. The second-order valence-electron chi connectivity index (χ2n) is 7.20. The molecule has 2 aromatic rings. The van der Waals surface area contributed by atoms with E-state index in [1.54, 1.807) is 0 Å². The number of carbonyl (C=O) groups excluding carboxylic acids is 1. The summed E-state index contributed by atoms with van der Waals surface area (Å²) in [4.78, 5) is 23.6.